The molecule has 2 atom stereocenters. The Hall–Kier alpha value is -2.29. The summed E-state index contributed by atoms with van der Waals surface area (Å²) >= 11 is 0. The van der Waals surface area contributed by atoms with Crippen LogP contribution < -0.4 is 9.47 Å². The first-order chi connectivity index (χ1) is 13.7. The van der Waals surface area contributed by atoms with Crippen molar-refractivity contribution < 1.29 is 32.2 Å². The zero-order valence-corrected chi connectivity index (χ0v) is 18.2. The summed E-state index contributed by atoms with van der Waals surface area (Å²) in [5.41, 5.74) is 0.233. The zero-order valence-electron chi connectivity index (χ0n) is 17.3. The molecule has 1 aliphatic rings. The lowest BCUT2D eigenvalue weighted by atomic mass is 10.1. The van der Waals surface area contributed by atoms with Crippen molar-refractivity contribution in [3.05, 3.63) is 23.8 Å². The van der Waals surface area contributed by atoms with E-state index in [1.165, 1.54) is 19.2 Å². The SMILES string of the molecule is CCOc1ccc(C(=O)OCC(=O)N([C@@H]2CCS(=O)(=O)C2)[C@@H](C)CC)cc1OC. The van der Waals surface area contributed by atoms with Crippen LogP contribution in [-0.4, -0.2) is 69.1 Å². The van der Waals surface area contributed by atoms with Crippen molar-refractivity contribution >= 4 is 21.7 Å². The van der Waals surface area contributed by atoms with Gasteiger partial charge in [-0.2, -0.15) is 0 Å². The summed E-state index contributed by atoms with van der Waals surface area (Å²) in [4.78, 5) is 26.7. The molecule has 1 amide bonds. The maximum absolute atomic E-state index is 12.7. The van der Waals surface area contributed by atoms with Crippen LogP contribution in [0.15, 0.2) is 18.2 Å². The Morgan fingerprint density at radius 3 is 2.52 bits per heavy atom. The molecule has 0 aliphatic carbocycles. The summed E-state index contributed by atoms with van der Waals surface area (Å²) in [6, 6.07) is 4.11. The molecule has 0 unspecified atom stereocenters. The molecule has 8 nitrogen and oxygen atoms in total. The van der Waals surface area contributed by atoms with Crippen LogP contribution in [0, 0.1) is 0 Å². The Bertz CT molecular complexity index is 837. The lowest BCUT2D eigenvalue weighted by molar-refractivity contribution is -0.138. The smallest absolute Gasteiger partial charge is 0.338 e. The van der Waals surface area contributed by atoms with Gasteiger partial charge in [0.05, 0.1) is 30.8 Å². The molecule has 0 radical (unpaired) electrons. The van der Waals surface area contributed by atoms with Crippen LogP contribution >= 0.6 is 0 Å². The van der Waals surface area contributed by atoms with E-state index in [0.717, 1.165) is 0 Å². The molecular weight excluding hydrogens is 398 g/mol. The monoisotopic (exact) mass is 427 g/mol. The number of hydrogen-bond donors (Lipinski definition) is 0. The van der Waals surface area contributed by atoms with Gasteiger partial charge in [-0.15, -0.1) is 0 Å². The number of carbonyl (C=O) groups excluding carboxylic acids is 2. The summed E-state index contributed by atoms with van der Waals surface area (Å²) in [5, 5.41) is 0. The van der Waals surface area contributed by atoms with E-state index in [9.17, 15) is 18.0 Å². The van der Waals surface area contributed by atoms with Crippen LogP contribution in [0.4, 0.5) is 0 Å². The van der Waals surface area contributed by atoms with Crippen LogP contribution in [0.2, 0.25) is 0 Å². The molecule has 0 aromatic heterocycles. The highest BCUT2D eigenvalue weighted by atomic mass is 32.2. The normalized spacial score (nSPS) is 18.7. The molecule has 1 fully saturated rings. The van der Waals surface area contributed by atoms with Crippen LogP contribution in [0.3, 0.4) is 0 Å². The number of ether oxygens (including phenoxy) is 3. The minimum absolute atomic E-state index is 0.0485. The molecule has 9 heteroatoms. The second-order valence-electron chi connectivity index (χ2n) is 6.99. The van der Waals surface area contributed by atoms with Crippen LogP contribution in [0.25, 0.3) is 0 Å². The number of esters is 1. The fourth-order valence-corrected chi connectivity index (χ4v) is 5.07. The van der Waals surface area contributed by atoms with E-state index in [2.05, 4.69) is 0 Å². The zero-order chi connectivity index (χ0) is 21.6. The summed E-state index contributed by atoms with van der Waals surface area (Å²) in [6.45, 7) is 5.63. The number of methoxy groups -OCH3 is 1. The fraction of sp³-hybridized carbons (Fsp3) is 0.600. The third kappa shape index (κ3) is 5.85. The van der Waals surface area contributed by atoms with Gasteiger partial charge < -0.3 is 19.1 Å². The molecule has 1 heterocycles. The van der Waals surface area contributed by atoms with E-state index in [1.54, 1.807) is 11.0 Å². The van der Waals surface area contributed by atoms with E-state index in [4.69, 9.17) is 14.2 Å². The molecule has 1 aliphatic heterocycles. The van der Waals surface area contributed by atoms with Gasteiger partial charge in [0.25, 0.3) is 5.91 Å². The second-order valence-corrected chi connectivity index (χ2v) is 9.22. The largest absolute Gasteiger partial charge is 0.493 e. The predicted octanol–water partition coefficient (Wildman–Crippen LogP) is 2.06. The topological polar surface area (TPSA) is 99.2 Å². The predicted molar refractivity (Wildman–Crippen MR) is 108 cm³/mol. The number of carbonyl (C=O) groups is 2. The third-order valence-corrected chi connectivity index (χ3v) is 6.73. The molecule has 0 bridgehead atoms. The Morgan fingerprint density at radius 1 is 1.24 bits per heavy atom. The van der Waals surface area contributed by atoms with Gasteiger partial charge in [-0.3, -0.25) is 4.79 Å². The third-order valence-electron chi connectivity index (χ3n) is 4.98. The van der Waals surface area contributed by atoms with Gasteiger partial charge in [0.15, 0.2) is 27.9 Å². The molecule has 0 N–H and O–H groups in total. The molecule has 0 saturated carbocycles. The summed E-state index contributed by atoms with van der Waals surface area (Å²) in [5.74, 6) is -0.134. The van der Waals surface area contributed by atoms with Crippen molar-refractivity contribution in [1.29, 1.82) is 0 Å². The van der Waals surface area contributed by atoms with Crippen molar-refractivity contribution in [3.63, 3.8) is 0 Å². The highest BCUT2D eigenvalue weighted by Gasteiger charge is 2.36. The van der Waals surface area contributed by atoms with Crippen molar-refractivity contribution in [2.45, 2.75) is 45.7 Å². The molecule has 2 rings (SSSR count). The minimum atomic E-state index is -3.13. The van der Waals surface area contributed by atoms with Gasteiger partial charge in [-0.05, 0) is 44.9 Å². The standard InChI is InChI=1S/C20H29NO7S/c1-5-14(3)21(16-9-10-29(24,25)13-16)19(22)12-28-20(23)15-7-8-17(27-6-2)18(11-15)26-4/h7-8,11,14,16H,5-6,9-10,12-13H2,1-4H3/t14-,16+/m0/s1. The van der Waals surface area contributed by atoms with Gasteiger partial charge >= 0.3 is 5.97 Å². The van der Waals surface area contributed by atoms with Gasteiger partial charge in [0.2, 0.25) is 0 Å². The van der Waals surface area contributed by atoms with E-state index in [-0.39, 0.29) is 29.2 Å². The van der Waals surface area contributed by atoms with Gasteiger partial charge in [-0.1, -0.05) is 6.92 Å². The maximum atomic E-state index is 12.7. The van der Waals surface area contributed by atoms with Crippen LogP contribution in [0.5, 0.6) is 11.5 Å². The van der Waals surface area contributed by atoms with Crippen LogP contribution in [-0.2, 0) is 19.4 Å². The van der Waals surface area contributed by atoms with Crippen molar-refractivity contribution in [1.82, 2.24) is 4.90 Å². The van der Waals surface area contributed by atoms with E-state index in [1.807, 2.05) is 20.8 Å². The first-order valence-electron chi connectivity index (χ1n) is 9.71. The van der Waals surface area contributed by atoms with Crippen molar-refractivity contribution in [2.24, 2.45) is 0 Å². The molecule has 0 spiro atoms. The average Bonchev–Trinajstić information content (AvgIpc) is 3.05. The molecule has 1 aromatic rings. The first-order valence-corrected chi connectivity index (χ1v) is 11.5. The molecule has 1 saturated heterocycles. The quantitative estimate of drug-likeness (QED) is 0.556. The number of hydrogen-bond acceptors (Lipinski definition) is 7. The summed E-state index contributed by atoms with van der Waals surface area (Å²) < 4.78 is 39.5. The number of nitrogens with zero attached hydrogens (tertiary/aromatic N) is 1. The highest BCUT2D eigenvalue weighted by molar-refractivity contribution is 7.91. The maximum Gasteiger partial charge on any atom is 0.338 e. The summed E-state index contributed by atoms with van der Waals surface area (Å²) in [6.07, 6.45) is 1.08. The Morgan fingerprint density at radius 2 is 1.97 bits per heavy atom. The number of amides is 1. The lowest BCUT2D eigenvalue weighted by Gasteiger charge is -2.33. The number of rotatable bonds is 9. The second kappa shape index (κ2) is 9.96. The number of sulfone groups is 1. The van der Waals surface area contributed by atoms with Crippen molar-refractivity contribution in [2.75, 3.05) is 31.8 Å². The van der Waals surface area contributed by atoms with E-state index in [0.29, 0.717) is 30.9 Å². The molecule has 162 valence electrons. The van der Waals surface area contributed by atoms with Crippen molar-refractivity contribution in [3.8, 4) is 11.5 Å². The molecule has 29 heavy (non-hydrogen) atoms. The molecule has 1 aromatic carbocycles. The van der Waals surface area contributed by atoms with Gasteiger partial charge in [0.1, 0.15) is 0 Å². The minimum Gasteiger partial charge on any atom is -0.493 e. The fourth-order valence-electron chi connectivity index (χ4n) is 3.36. The van der Waals surface area contributed by atoms with E-state index < -0.39 is 28.3 Å². The Kier molecular flexibility index (Phi) is 7.89. The molecular formula is C20H29NO7S. The van der Waals surface area contributed by atoms with E-state index >= 15 is 0 Å². The Labute approximate surface area is 172 Å². The van der Waals surface area contributed by atoms with Gasteiger partial charge in [-0.25, -0.2) is 13.2 Å². The number of benzene rings is 1. The van der Waals surface area contributed by atoms with Gasteiger partial charge in [0, 0.05) is 12.1 Å². The lowest BCUT2D eigenvalue weighted by Crippen LogP contribution is -2.48. The average molecular weight is 428 g/mol. The van der Waals surface area contributed by atoms with Crippen LogP contribution in [0.1, 0.15) is 44.0 Å². The summed E-state index contributed by atoms with van der Waals surface area (Å²) in [7, 11) is -1.67. The Balaban J connectivity index is 2.06. The highest BCUT2D eigenvalue weighted by Crippen LogP contribution is 2.28. The first kappa shape index (κ1) is 23.0.